The Labute approximate surface area is 148 Å². The van der Waals surface area contributed by atoms with Gasteiger partial charge in [0, 0.05) is 12.1 Å². The molecule has 5 rings (SSSR count). The summed E-state index contributed by atoms with van der Waals surface area (Å²) in [6.07, 6.45) is 8.06. The number of carbonyl (C=O) groups is 2. The highest BCUT2D eigenvalue weighted by Crippen LogP contribution is 2.59. The first-order valence-corrected chi connectivity index (χ1v) is 9.31. The van der Waals surface area contributed by atoms with Gasteiger partial charge in [-0.2, -0.15) is 0 Å². The molecule has 0 heterocycles. The van der Waals surface area contributed by atoms with Gasteiger partial charge in [0.2, 0.25) is 0 Å². The molecule has 25 heavy (non-hydrogen) atoms. The van der Waals surface area contributed by atoms with Gasteiger partial charge in [-0.25, -0.2) is 0 Å². The lowest BCUT2D eigenvalue weighted by Gasteiger charge is -2.56. The summed E-state index contributed by atoms with van der Waals surface area (Å²) in [6, 6.07) is 6.92. The van der Waals surface area contributed by atoms with Crippen molar-refractivity contribution in [3.8, 4) is 5.75 Å². The summed E-state index contributed by atoms with van der Waals surface area (Å²) in [5.74, 6) is 2.54. The molecule has 3 N–H and O–H groups in total. The van der Waals surface area contributed by atoms with Crippen molar-refractivity contribution in [2.45, 2.75) is 38.5 Å². The van der Waals surface area contributed by atoms with Gasteiger partial charge in [-0.1, -0.05) is 6.07 Å². The number of hydrogen-bond acceptors (Lipinski definition) is 3. The first-order chi connectivity index (χ1) is 12.0. The summed E-state index contributed by atoms with van der Waals surface area (Å²) < 4.78 is 5.28. The quantitative estimate of drug-likeness (QED) is 0.833. The first kappa shape index (κ1) is 16.4. The van der Waals surface area contributed by atoms with Gasteiger partial charge in [0.15, 0.2) is 6.61 Å². The predicted molar refractivity (Wildman–Crippen MR) is 94.1 cm³/mol. The Balaban J connectivity index is 1.38. The van der Waals surface area contributed by atoms with Gasteiger partial charge in [-0.15, -0.1) is 0 Å². The smallest absolute Gasteiger partial charge is 0.255 e. The number of rotatable bonds is 6. The van der Waals surface area contributed by atoms with Crippen LogP contribution in [0.5, 0.6) is 5.75 Å². The van der Waals surface area contributed by atoms with Gasteiger partial charge in [0.25, 0.3) is 11.8 Å². The van der Waals surface area contributed by atoms with Crippen molar-refractivity contribution >= 4 is 11.8 Å². The molecular formula is C20H26N2O3. The van der Waals surface area contributed by atoms with Crippen molar-refractivity contribution < 1.29 is 14.3 Å². The second-order valence-corrected chi connectivity index (χ2v) is 8.38. The lowest BCUT2D eigenvalue weighted by Crippen LogP contribution is -2.51. The van der Waals surface area contributed by atoms with E-state index in [0.717, 1.165) is 24.3 Å². The van der Waals surface area contributed by atoms with E-state index in [4.69, 9.17) is 10.5 Å². The lowest BCUT2D eigenvalue weighted by atomic mass is 9.49. The minimum absolute atomic E-state index is 0.0692. The van der Waals surface area contributed by atoms with Crippen LogP contribution in [0, 0.1) is 23.2 Å². The Bertz CT molecular complexity index is 650. The summed E-state index contributed by atoms with van der Waals surface area (Å²) in [5.41, 5.74) is 5.97. The van der Waals surface area contributed by atoms with E-state index in [2.05, 4.69) is 5.32 Å². The van der Waals surface area contributed by atoms with Crippen molar-refractivity contribution in [2.24, 2.45) is 28.9 Å². The van der Waals surface area contributed by atoms with Gasteiger partial charge in [-0.3, -0.25) is 9.59 Å². The second-order valence-electron chi connectivity index (χ2n) is 8.38. The maximum atomic E-state index is 12.6. The Morgan fingerprint density at radius 2 is 1.76 bits per heavy atom. The van der Waals surface area contributed by atoms with Crippen molar-refractivity contribution in [1.82, 2.24) is 5.32 Å². The van der Waals surface area contributed by atoms with Gasteiger partial charge in [-0.05, 0) is 79.9 Å². The maximum Gasteiger partial charge on any atom is 0.255 e. The van der Waals surface area contributed by atoms with Gasteiger partial charge in [0.05, 0.1) is 0 Å². The standard InChI is InChI=1S/C20H26N2O3/c21-18(23)11-25-17-3-1-2-16(7-17)19(24)22-12-20-8-13-4-14(9-20)6-15(5-13)10-20/h1-3,7,13-15H,4-6,8-12H2,(H2,21,23)(H,22,24). The molecule has 4 aliphatic rings. The van der Waals surface area contributed by atoms with E-state index in [1.165, 1.54) is 38.5 Å². The molecule has 1 aromatic rings. The highest BCUT2D eigenvalue weighted by Gasteiger charge is 2.50. The molecule has 2 amide bonds. The summed E-state index contributed by atoms with van der Waals surface area (Å²) in [4.78, 5) is 23.4. The molecule has 0 atom stereocenters. The molecular weight excluding hydrogens is 316 g/mol. The molecule has 134 valence electrons. The third kappa shape index (κ3) is 3.51. The number of benzene rings is 1. The van der Waals surface area contributed by atoms with Gasteiger partial charge in [0.1, 0.15) is 5.75 Å². The molecule has 1 aromatic carbocycles. The zero-order valence-electron chi connectivity index (χ0n) is 14.5. The van der Waals surface area contributed by atoms with Crippen LogP contribution >= 0.6 is 0 Å². The second kappa shape index (κ2) is 6.36. The number of carbonyl (C=O) groups excluding carboxylic acids is 2. The highest BCUT2D eigenvalue weighted by atomic mass is 16.5. The lowest BCUT2D eigenvalue weighted by molar-refractivity contribution is -0.119. The number of nitrogens with two attached hydrogens (primary N) is 1. The first-order valence-electron chi connectivity index (χ1n) is 9.31. The van der Waals surface area contributed by atoms with Crippen molar-refractivity contribution in [1.29, 1.82) is 0 Å². The topological polar surface area (TPSA) is 81.4 Å². The highest BCUT2D eigenvalue weighted by molar-refractivity contribution is 5.94. The van der Waals surface area contributed by atoms with Crippen molar-refractivity contribution in [3.05, 3.63) is 29.8 Å². The molecule has 0 aromatic heterocycles. The number of primary amides is 1. The monoisotopic (exact) mass is 342 g/mol. The normalized spacial score (nSPS) is 32.4. The molecule has 4 saturated carbocycles. The van der Waals surface area contributed by atoms with Crippen LogP contribution in [-0.4, -0.2) is 25.0 Å². The average molecular weight is 342 g/mol. The van der Waals surface area contributed by atoms with E-state index in [-0.39, 0.29) is 12.5 Å². The van der Waals surface area contributed by atoms with Crippen LogP contribution in [0.3, 0.4) is 0 Å². The molecule has 0 spiro atoms. The molecule has 0 aliphatic heterocycles. The van der Waals surface area contributed by atoms with Crippen LogP contribution in [0.4, 0.5) is 0 Å². The van der Waals surface area contributed by atoms with Crippen LogP contribution in [0.1, 0.15) is 48.9 Å². The molecule has 5 heteroatoms. The Morgan fingerprint density at radius 1 is 1.12 bits per heavy atom. The number of nitrogens with one attached hydrogen (secondary N) is 1. The molecule has 0 saturated heterocycles. The largest absolute Gasteiger partial charge is 0.484 e. The average Bonchev–Trinajstić information content (AvgIpc) is 2.57. The SMILES string of the molecule is NC(=O)COc1cccc(C(=O)NCC23CC4CC(CC(C4)C2)C3)c1. The zero-order valence-corrected chi connectivity index (χ0v) is 14.5. The Kier molecular flexibility index (Phi) is 4.18. The fourth-order valence-electron chi connectivity index (χ4n) is 5.76. The summed E-state index contributed by atoms with van der Waals surface area (Å²) in [5, 5.41) is 3.16. The zero-order chi connectivity index (χ0) is 17.4. The van der Waals surface area contributed by atoms with Crippen LogP contribution in [0.25, 0.3) is 0 Å². The predicted octanol–water partition coefficient (Wildman–Crippen LogP) is 2.50. The van der Waals surface area contributed by atoms with E-state index in [1.807, 2.05) is 0 Å². The van der Waals surface area contributed by atoms with E-state index in [9.17, 15) is 9.59 Å². The van der Waals surface area contributed by atoms with Crippen LogP contribution < -0.4 is 15.8 Å². The minimum atomic E-state index is -0.531. The number of hydrogen-bond donors (Lipinski definition) is 2. The van der Waals surface area contributed by atoms with E-state index < -0.39 is 5.91 Å². The van der Waals surface area contributed by atoms with E-state index in [1.54, 1.807) is 24.3 Å². The van der Waals surface area contributed by atoms with Gasteiger partial charge < -0.3 is 15.8 Å². The van der Waals surface area contributed by atoms with Crippen LogP contribution in [0.15, 0.2) is 24.3 Å². The summed E-state index contributed by atoms with van der Waals surface area (Å²) in [7, 11) is 0. The van der Waals surface area contributed by atoms with E-state index >= 15 is 0 Å². The fraction of sp³-hybridized carbons (Fsp3) is 0.600. The third-order valence-corrected chi connectivity index (χ3v) is 6.27. The van der Waals surface area contributed by atoms with Crippen molar-refractivity contribution in [3.63, 3.8) is 0 Å². The number of amides is 2. The summed E-state index contributed by atoms with van der Waals surface area (Å²) >= 11 is 0. The molecule has 4 bridgehead atoms. The molecule has 5 nitrogen and oxygen atoms in total. The third-order valence-electron chi connectivity index (χ3n) is 6.27. The summed E-state index contributed by atoms with van der Waals surface area (Å²) in [6.45, 7) is 0.597. The molecule has 0 unspecified atom stereocenters. The minimum Gasteiger partial charge on any atom is -0.484 e. The van der Waals surface area contributed by atoms with Crippen molar-refractivity contribution in [2.75, 3.05) is 13.2 Å². The van der Waals surface area contributed by atoms with Gasteiger partial charge >= 0.3 is 0 Å². The van der Waals surface area contributed by atoms with E-state index in [0.29, 0.717) is 16.7 Å². The molecule has 4 aliphatic carbocycles. The molecule has 0 radical (unpaired) electrons. The Morgan fingerprint density at radius 3 is 2.36 bits per heavy atom. The molecule has 4 fully saturated rings. The van der Waals surface area contributed by atoms with Crippen LogP contribution in [0.2, 0.25) is 0 Å². The maximum absolute atomic E-state index is 12.6. The van der Waals surface area contributed by atoms with Crippen LogP contribution in [-0.2, 0) is 4.79 Å². The fourth-order valence-corrected chi connectivity index (χ4v) is 5.76. The number of ether oxygens (including phenoxy) is 1. The Hall–Kier alpha value is -2.04.